The predicted molar refractivity (Wildman–Crippen MR) is 76.2 cm³/mol. The van der Waals surface area contributed by atoms with Crippen LogP contribution >= 0.6 is 0 Å². The fourth-order valence-corrected chi connectivity index (χ4v) is 2.69. The van der Waals surface area contributed by atoms with E-state index in [0.29, 0.717) is 12.3 Å². The second-order valence-corrected chi connectivity index (χ2v) is 5.48. The third-order valence-corrected chi connectivity index (χ3v) is 3.96. The molecule has 0 amide bonds. The smallest absolute Gasteiger partial charge is 0.162 e. The number of rotatable bonds is 6. The molecular weight excluding hydrogens is 238 g/mol. The summed E-state index contributed by atoms with van der Waals surface area (Å²) in [5, 5.41) is 9.55. The predicted octanol–water partition coefficient (Wildman–Crippen LogP) is 2.35. The first-order valence-corrected chi connectivity index (χ1v) is 7.15. The van der Waals surface area contributed by atoms with Crippen LogP contribution in [0.2, 0.25) is 0 Å². The van der Waals surface area contributed by atoms with Crippen LogP contribution in [0.3, 0.4) is 0 Å². The minimum atomic E-state index is -0.212. The van der Waals surface area contributed by atoms with E-state index in [4.69, 9.17) is 0 Å². The second-order valence-electron chi connectivity index (χ2n) is 5.48. The summed E-state index contributed by atoms with van der Waals surface area (Å²) >= 11 is 0. The van der Waals surface area contributed by atoms with Gasteiger partial charge in [0.25, 0.3) is 0 Å². The topological polar surface area (TPSA) is 40.5 Å². The van der Waals surface area contributed by atoms with E-state index in [0.717, 1.165) is 38.0 Å². The summed E-state index contributed by atoms with van der Waals surface area (Å²) in [6.07, 6.45) is 2.38. The SMILES string of the molecule is CC(O)C1CCN(CCCC(=O)c2ccccc2)C1. The highest BCUT2D eigenvalue weighted by Gasteiger charge is 2.25. The third kappa shape index (κ3) is 4.15. The van der Waals surface area contributed by atoms with Crippen molar-refractivity contribution in [1.82, 2.24) is 4.90 Å². The number of aliphatic hydroxyl groups is 1. The van der Waals surface area contributed by atoms with Gasteiger partial charge in [0, 0.05) is 18.5 Å². The average Bonchev–Trinajstić information content (AvgIpc) is 2.89. The van der Waals surface area contributed by atoms with Gasteiger partial charge >= 0.3 is 0 Å². The maximum absolute atomic E-state index is 11.9. The second kappa shape index (κ2) is 6.83. The molecule has 2 rings (SSSR count). The van der Waals surface area contributed by atoms with Gasteiger partial charge < -0.3 is 10.0 Å². The molecule has 2 atom stereocenters. The van der Waals surface area contributed by atoms with Gasteiger partial charge in [0.1, 0.15) is 0 Å². The van der Waals surface area contributed by atoms with Crippen LogP contribution < -0.4 is 0 Å². The van der Waals surface area contributed by atoms with Crippen LogP contribution in [0, 0.1) is 5.92 Å². The number of nitrogens with zero attached hydrogens (tertiary/aromatic N) is 1. The quantitative estimate of drug-likeness (QED) is 0.799. The Labute approximate surface area is 115 Å². The first kappa shape index (κ1) is 14.2. The van der Waals surface area contributed by atoms with Crippen molar-refractivity contribution in [3.63, 3.8) is 0 Å². The van der Waals surface area contributed by atoms with Gasteiger partial charge in [-0.25, -0.2) is 0 Å². The van der Waals surface area contributed by atoms with Crippen LogP contribution in [0.5, 0.6) is 0 Å². The molecule has 1 saturated heterocycles. The minimum Gasteiger partial charge on any atom is -0.393 e. The number of likely N-dealkylation sites (tertiary alicyclic amines) is 1. The van der Waals surface area contributed by atoms with E-state index < -0.39 is 0 Å². The molecule has 0 saturated carbocycles. The summed E-state index contributed by atoms with van der Waals surface area (Å²) < 4.78 is 0. The Morgan fingerprint density at radius 2 is 2.16 bits per heavy atom. The molecule has 0 radical (unpaired) electrons. The molecule has 1 fully saturated rings. The van der Waals surface area contributed by atoms with E-state index in [9.17, 15) is 9.90 Å². The van der Waals surface area contributed by atoms with Crippen LogP contribution in [-0.2, 0) is 0 Å². The van der Waals surface area contributed by atoms with Crippen molar-refractivity contribution < 1.29 is 9.90 Å². The molecule has 1 aliphatic rings. The molecule has 2 unspecified atom stereocenters. The maximum atomic E-state index is 11.9. The first-order chi connectivity index (χ1) is 9.16. The Bertz CT molecular complexity index is 402. The van der Waals surface area contributed by atoms with Crippen molar-refractivity contribution in [1.29, 1.82) is 0 Å². The average molecular weight is 261 g/mol. The van der Waals surface area contributed by atoms with Gasteiger partial charge in [-0.3, -0.25) is 4.79 Å². The van der Waals surface area contributed by atoms with Crippen molar-refractivity contribution in [3.05, 3.63) is 35.9 Å². The van der Waals surface area contributed by atoms with Crippen LogP contribution in [-0.4, -0.2) is 41.5 Å². The zero-order chi connectivity index (χ0) is 13.7. The van der Waals surface area contributed by atoms with Gasteiger partial charge in [0.05, 0.1) is 6.10 Å². The summed E-state index contributed by atoms with van der Waals surface area (Å²) in [5.74, 6) is 0.636. The van der Waals surface area contributed by atoms with E-state index in [1.54, 1.807) is 0 Å². The molecule has 1 aromatic rings. The molecule has 0 bridgehead atoms. The lowest BCUT2D eigenvalue weighted by Crippen LogP contribution is -2.25. The standard InChI is InChI=1S/C16H23NO2/c1-13(18)15-9-11-17(12-15)10-5-8-16(19)14-6-3-2-4-7-14/h2-4,6-7,13,15,18H,5,8-12H2,1H3. The molecule has 0 aliphatic carbocycles. The highest BCUT2D eigenvalue weighted by atomic mass is 16.3. The summed E-state index contributed by atoms with van der Waals surface area (Å²) in [5.41, 5.74) is 0.811. The molecule has 1 N–H and O–H groups in total. The van der Waals surface area contributed by atoms with Crippen LogP contribution in [0.25, 0.3) is 0 Å². The van der Waals surface area contributed by atoms with E-state index in [2.05, 4.69) is 4.90 Å². The Morgan fingerprint density at radius 1 is 1.42 bits per heavy atom. The van der Waals surface area contributed by atoms with Gasteiger partial charge in [0.2, 0.25) is 0 Å². The minimum absolute atomic E-state index is 0.212. The number of Topliss-reactive ketones (excluding diaryl/α,β-unsaturated/α-hetero) is 1. The van der Waals surface area contributed by atoms with Crippen molar-refractivity contribution >= 4 is 5.78 Å². The summed E-state index contributed by atoms with van der Waals surface area (Å²) in [6, 6.07) is 9.49. The normalized spacial score (nSPS) is 21.5. The number of ketones is 1. The molecule has 1 aromatic carbocycles. The highest BCUT2D eigenvalue weighted by Crippen LogP contribution is 2.20. The summed E-state index contributed by atoms with van der Waals surface area (Å²) in [7, 11) is 0. The number of carbonyl (C=O) groups is 1. The van der Waals surface area contributed by atoms with Crippen molar-refractivity contribution in [2.24, 2.45) is 5.92 Å². The van der Waals surface area contributed by atoms with Gasteiger partial charge in [-0.2, -0.15) is 0 Å². The maximum Gasteiger partial charge on any atom is 0.162 e. The lowest BCUT2D eigenvalue weighted by Gasteiger charge is -2.16. The number of benzene rings is 1. The zero-order valence-corrected chi connectivity index (χ0v) is 11.6. The van der Waals surface area contributed by atoms with E-state index in [1.807, 2.05) is 37.3 Å². The van der Waals surface area contributed by atoms with Crippen LogP contribution in [0.15, 0.2) is 30.3 Å². The lowest BCUT2D eigenvalue weighted by molar-refractivity contribution is 0.0973. The number of aliphatic hydroxyl groups excluding tert-OH is 1. The number of hydrogen-bond donors (Lipinski definition) is 1. The molecule has 19 heavy (non-hydrogen) atoms. The van der Waals surface area contributed by atoms with E-state index in [-0.39, 0.29) is 11.9 Å². The Balaban J connectivity index is 1.69. The Kier molecular flexibility index (Phi) is 5.11. The highest BCUT2D eigenvalue weighted by molar-refractivity contribution is 5.95. The third-order valence-electron chi connectivity index (χ3n) is 3.96. The van der Waals surface area contributed by atoms with Crippen LogP contribution in [0.1, 0.15) is 36.5 Å². The van der Waals surface area contributed by atoms with Crippen molar-refractivity contribution in [2.75, 3.05) is 19.6 Å². The van der Waals surface area contributed by atoms with Gasteiger partial charge in [-0.1, -0.05) is 30.3 Å². The van der Waals surface area contributed by atoms with E-state index in [1.165, 1.54) is 0 Å². The monoisotopic (exact) mass is 261 g/mol. The zero-order valence-electron chi connectivity index (χ0n) is 11.6. The molecule has 3 heteroatoms. The molecule has 0 spiro atoms. The van der Waals surface area contributed by atoms with Crippen LogP contribution in [0.4, 0.5) is 0 Å². The molecule has 3 nitrogen and oxygen atoms in total. The molecule has 104 valence electrons. The first-order valence-electron chi connectivity index (χ1n) is 7.15. The summed E-state index contributed by atoms with van der Waals surface area (Å²) in [6.45, 7) is 4.85. The van der Waals surface area contributed by atoms with E-state index >= 15 is 0 Å². The number of hydrogen-bond acceptors (Lipinski definition) is 3. The fraction of sp³-hybridized carbons (Fsp3) is 0.562. The lowest BCUT2D eigenvalue weighted by atomic mass is 10.0. The largest absolute Gasteiger partial charge is 0.393 e. The number of carbonyl (C=O) groups excluding carboxylic acids is 1. The Hall–Kier alpha value is -1.19. The Morgan fingerprint density at radius 3 is 2.79 bits per heavy atom. The molecular formula is C16H23NO2. The van der Waals surface area contributed by atoms with Crippen molar-refractivity contribution in [3.8, 4) is 0 Å². The van der Waals surface area contributed by atoms with Gasteiger partial charge in [0.15, 0.2) is 5.78 Å². The molecule has 1 aliphatic heterocycles. The molecule has 0 aromatic heterocycles. The summed E-state index contributed by atoms with van der Waals surface area (Å²) in [4.78, 5) is 14.3. The fourth-order valence-electron chi connectivity index (χ4n) is 2.69. The molecule has 1 heterocycles. The van der Waals surface area contributed by atoms with Gasteiger partial charge in [-0.05, 0) is 38.8 Å². The van der Waals surface area contributed by atoms with Crippen molar-refractivity contribution in [2.45, 2.75) is 32.3 Å². The van der Waals surface area contributed by atoms with Gasteiger partial charge in [-0.15, -0.1) is 0 Å².